The van der Waals surface area contributed by atoms with Gasteiger partial charge in [-0.25, -0.2) is 9.97 Å². The second kappa shape index (κ2) is 7.79. The normalized spacial score (nSPS) is 26.2. The molecule has 0 bridgehead atoms. The van der Waals surface area contributed by atoms with Gasteiger partial charge in [0.05, 0.1) is 5.39 Å². The van der Waals surface area contributed by atoms with Gasteiger partial charge in [-0.15, -0.1) is 11.3 Å². The summed E-state index contributed by atoms with van der Waals surface area (Å²) in [6.07, 6.45) is 10.6. The van der Waals surface area contributed by atoms with Gasteiger partial charge in [-0.1, -0.05) is 0 Å². The van der Waals surface area contributed by atoms with Crippen LogP contribution in [0.15, 0.2) is 6.33 Å². The van der Waals surface area contributed by atoms with Gasteiger partial charge in [0.15, 0.2) is 0 Å². The summed E-state index contributed by atoms with van der Waals surface area (Å²) >= 11 is 1.80. The summed E-state index contributed by atoms with van der Waals surface area (Å²) in [6, 6.07) is 0.674. The van der Waals surface area contributed by atoms with Gasteiger partial charge < -0.3 is 14.7 Å². The van der Waals surface area contributed by atoms with Crippen molar-refractivity contribution in [2.45, 2.75) is 63.5 Å². The van der Waals surface area contributed by atoms with Gasteiger partial charge in [0.25, 0.3) is 0 Å². The molecule has 0 radical (unpaired) electrons. The van der Waals surface area contributed by atoms with Crippen molar-refractivity contribution in [2.75, 3.05) is 20.7 Å². The second-order valence-electron chi connectivity index (χ2n) is 8.00. The van der Waals surface area contributed by atoms with Gasteiger partial charge >= 0.3 is 0 Å². The van der Waals surface area contributed by atoms with E-state index in [4.69, 9.17) is 4.74 Å². The number of fused-ring (bicyclic) bond motifs is 3. The predicted octanol–water partition coefficient (Wildman–Crippen LogP) is 3.43. The van der Waals surface area contributed by atoms with Crippen LogP contribution in [-0.4, -0.2) is 52.8 Å². The molecular weight excluding hydrogens is 346 g/mol. The number of rotatable bonds is 5. The van der Waals surface area contributed by atoms with Crippen LogP contribution in [0.4, 0.5) is 0 Å². The topological polar surface area (TPSA) is 58.5 Å². The highest BCUT2D eigenvalue weighted by atomic mass is 32.1. The van der Waals surface area contributed by atoms with Crippen molar-refractivity contribution in [2.24, 2.45) is 5.92 Å². The fourth-order valence-corrected chi connectivity index (χ4v) is 5.68. The second-order valence-corrected chi connectivity index (χ2v) is 9.08. The number of hydrogen-bond acceptors (Lipinski definition) is 6. The third kappa shape index (κ3) is 3.59. The van der Waals surface area contributed by atoms with Crippen LogP contribution in [0.25, 0.3) is 10.2 Å². The molecule has 6 heteroatoms. The van der Waals surface area contributed by atoms with Gasteiger partial charge in [-0.05, 0) is 76.9 Å². The van der Waals surface area contributed by atoms with E-state index in [0.717, 1.165) is 48.2 Å². The van der Waals surface area contributed by atoms with E-state index < -0.39 is 0 Å². The zero-order valence-corrected chi connectivity index (χ0v) is 16.6. The minimum atomic E-state index is 0.261. The Bertz CT molecular complexity index is 753. The van der Waals surface area contributed by atoms with Crippen molar-refractivity contribution in [3.63, 3.8) is 0 Å². The Labute approximate surface area is 159 Å². The van der Waals surface area contributed by atoms with Crippen LogP contribution in [-0.2, 0) is 12.8 Å². The Morgan fingerprint density at radius 2 is 2.00 bits per heavy atom. The van der Waals surface area contributed by atoms with Crippen LogP contribution in [0.5, 0.6) is 5.88 Å². The molecule has 2 aromatic rings. The Hall–Kier alpha value is -1.24. The minimum Gasteiger partial charge on any atom is -0.474 e. The SMILES string of the molecule is CN(C)[C@H]1CC[C@H](Oc2ncnc3sc4c(c23)CC(CCO)CC4)CC1. The zero-order chi connectivity index (χ0) is 18.1. The summed E-state index contributed by atoms with van der Waals surface area (Å²) in [5, 5.41) is 10.5. The molecule has 0 amide bonds. The van der Waals surface area contributed by atoms with E-state index in [-0.39, 0.29) is 12.7 Å². The van der Waals surface area contributed by atoms with Gasteiger partial charge in [0.2, 0.25) is 5.88 Å². The zero-order valence-electron chi connectivity index (χ0n) is 15.8. The van der Waals surface area contributed by atoms with E-state index in [1.54, 1.807) is 17.7 Å². The number of hydrogen-bond donors (Lipinski definition) is 1. The predicted molar refractivity (Wildman–Crippen MR) is 105 cm³/mol. The minimum absolute atomic E-state index is 0.261. The number of thiophene rings is 1. The van der Waals surface area contributed by atoms with Crippen LogP contribution < -0.4 is 4.74 Å². The largest absolute Gasteiger partial charge is 0.474 e. The Morgan fingerprint density at radius 3 is 2.73 bits per heavy atom. The first-order chi connectivity index (χ1) is 12.7. The number of aryl methyl sites for hydroxylation is 1. The first-order valence-electron chi connectivity index (χ1n) is 9.85. The smallest absolute Gasteiger partial charge is 0.225 e. The quantitative estimate of drug-likeness (QED) is 0.868. The molecule has 1 fully saturated rings. The molecule has 2 heterocycles. The van der Waals surface area contributed by atoms with Gasteiger partial charge in [-0.2, -0.15) is 0 Å². The van der Waals surface area contributed by atoms with Crippen molar-refractivity contribution in [3.05, 3.63) is 16.8 Å². The van der Waals surface area contributed by atoms with Crippen LogP contribution >= 0.6 is 11.3 Å². The summed E-state index contributed by atoms with van der Waals surface area (Å²) in [6.45, 7) is 0.275. The molecule has 1 N–H and O–H groups in total. The highest BCUT2D eigenvalue weighted by Crippen LogP contribution is 2.41. The number of nitrogens with zero attached hydrogens (tertiary/aromatic N) is 3. The average molecular weight is 376 g/mol. The van der Waals surface area contributed by atoms with Gasteiger partial charge in [-0.3, -0.25) is 0 Å². The molecule has 0 spiro atoms. The third-order valence-electron chi connectivity index (χ3n) is 6.10. The first-order valence-corrected chi connectivity index (χ1v) is 10.7. The van der Waals surface area contributed by atoms with E-state index in [9.17, 15) is 5.11 Å². The highest BCUT2D eigenvalue weighted by molar-refractivity contribution is 7.18. The fourth-order valence-electron chi connectivity index (χ4n) is 4.51. The van der Waals surface area contributed by atoms with E-state index in [0.29, 0.717) is 12.0 Å². The molecular formula is C20H29N3O2S. The monoisotopic (exact) mass is 375 g/mol. The standard InChI is InChI=1S/C20H29N3O2S/c1-23(2)14-4-6-15(7-5-14)25-19-18-16-11-13(9-10-24)3-8-17(16)26-20(18)22-12-21-19/h12-15,24H,3-11H2,1-2H3/t13?,14-,15-. The molecule has 2 aromatic heterocycles. The third-order valence-corrected chi connectivity index (χ3v) is 7.30. The lowest BCUT2D eigenvalue weighted by Gasteiger charge is -2.32. The number of aliphatic hydroxyl groups excluding tert-OH is 1. The molecule has 0 saturated heterocycles. The lowest BCUT2D eigenvalue weighted by Crippen LogP contribution is -2.35. The lowest BCUT2D eigenvalue weighted by atomic mass is 9.85. The molecule has 2 aliphatic rings. The van der Waals surface area contributed by atoms with E-state index in [1.807, 2.05) is 0 Å². The summed E-state index contributed by atoms with van der Waals surface area (Å²) < 4.78 is 6.40. The molecule has 5 nitrogen and oxygen atoms in total. The molecule has 26 heavy (non-hydrogen) atoms. The van der Waals surface area contributed by atoms with Crippen molar-refractivity contribution >= 4 is 21.6 Å². The van der Waals surface area contributed by atoms with E-state index >= 15 is 0 Å². The molecule has 1 unspecified atom stereocenters. The van der Waals surface area contributed by atoms with Crippen LogP contribution in [0.1, 0.15) is 49.0 Å². The maximum absolute atomic E-state index is 9.31. The number of aliphatic hydroxyl groups is 1. The van der Waals surface area contributed by atoms with Crippen LogP contribution in [0, 0.1) is 5.92 Å². The molecule has 4 rings (SSSR count). The summed E-state index contributed by atoms with van der Waals surface area (Å²) in [5.74, 6) is 1.35. The Kier molecular flexibility index (Phi) is 5.43. The van der Waals surface area contributed by atoms with Crippen molar-refractivity contribution in [3.8, 4) is 5.88 Å². The molecule has 0 aliphatic heterocycles. The first kappa shape index (κ1) is 18.1. The Morgan fingerprint density at radius 1 is 1.19 bits per heavy atom. The van der Waals surface area contributed by atoms with Crippen molar-refractivity contribution in [1.82, 2.24) is 14.9 Å². The molecule has 1 atom stereocenters. The molecule has 2 aliphatic carbocycles. The number of aromatic nitrogens is 2. The molecule has 1 saturated carbocycles. The Balaban J connectivity index is 1.56. The summed E-state index contributed by atoms with van der Waals surface area (Å²) in [5.41, 5.74) is 1.38. The summed E-state index contributed by atoms with van der Waals surface area (Å²) in [4.78, 5) is 13.9. The highest BCUT2D eigenvalue weighted by Gasteiger charge is 2.28. The average Bonchev–Trinajstić information content (AvgIpc) is 3.01. The summed E-state index contributed by atoms with van der Waals surface area (Å²) in [7, 11) is 4.33. The van der Waals surface area contributed by atoms with Gasteiger partial charge in [0, 0.05) is 17.5 Å². The van der Waals surface area contributed by atoms with E-state index in [1.165, 1.54) is 29.7 Å². The van der Waals surface area contributed by atoms with Gasteiger partial charge in [0.1, 0.15) is 17.3 Å². The maximum Gasteiger partial charge on any atom is 0.225 e. The number of ether oxygens (including phenoxy) is 1. The maximum atomic E-state index is 9.31. The molecule has 142 valence electrons. The fraction of sp³-hybridized carbons (Fsp3) is 0.700. The van der Waals surface area contributed by atoms with Crippen molar-refractivity contribution in [1.29, 1.82) is 0 Å². The van der Waals surface area contributed by atoms with Crippen molar-refractivity contribution < 1.29 is 9.84 Å². The lowest BCUT2D eigenvalue weighted by molar-refractivity contribution is 0.108. The van der Waals surface area contributed by atoms with Crippen LogP contribution in [0.3, 0.4) is 0 Å². The molecule has 0 aromatic carbocycles. The van der Waals surface area contributed by atoms with E-state index in [2.05, 4.69) is 29.0 Å². The van der Waals surface area contributed by atoms with Crippen LogP contribution in [0.2, 0.25) is 0 Å².